The molecule has 2 aromatic rings. The van der Waals surface area contributed by atoms with E-state index < -0.39 is 0 Å². The summed E-state index contributed by atoms with van der Waals surface area (Å²) in [5, 5.41) is 17.1. The number of benzene rings is 1. The van der Waals surface area contributed by atoms with Gasteiger partial charge in [0.05, 0.1) is 10.7 Å². The second-order valence-electron chi connectivity index (χ2n) is 4.32. The molecule has 6 heteroatoms. The maximum absolute atomic E-state index is 8.67. The summed E-state index contributed by atoms with van der Waals surface area (Å²) in [5.74, 6) is 0.121. The van der Waals surface area contributed by atoms with E-state index in [4.69, 9.17) is 10.9 Å². The van der Waals surface area contributed by atoms with Crippen molar-refractivity contribution in [2.24, 2.45) is 17.9 Å². The van der Waals surface area contributed by atoms with E-state index in [0.717, 1.165) is 21.2 Å². The van der Waals surface area contributed by atoms with Crippen molar-refractivity contribution in [1.29, 1.82) is 0 Å². The number of hydrogen-bond acceptors (Lipinski definition) is 4. The molecule has 1 aromatic heterocycles. The Labute approximate surface area is 116 Å². The first-order chi connectivity index (χ1) is 9.01. The molecular weight excluding hydrogens is 260 g/mol. The summed E-state index contributed by atoms with van der Waals surface area (Å²) in [7, 11) is 1.93. The number of rotatable bonds is 3. The Morgan fingerprint density at radius 1 is 1.37 bits per heavy atom. The van der Waals surface area contributed by atoms with Gasteiger partial charge in [0.2, 0.25) is 0 Å². The fourth-order valence-corrected chi connectivity index (χ4v) is 2.76. The van der Waals surface area contributed by atoms with Gasteiger partial charge < -0.3 is 10.9 Å². The molecule has 3 N–H and O–H groups in total. The molecule has 19 heavy (non-hydrogen) atoms. The van der Waals surface area contributed by atoms with Crippen molar-refractivity contribution < 1.29 is 5.21 Å². The number of aromatic nitrogens is 2. The van der Waals surface area contributed by atoms with E-state index in [1.54, 1.807) is 11.8 Å². The van der Waals surface area contributed by atoms with Crippen molar-refractivity contribution in [3.05, 3.63) is 41.1 Å². The SMILES string of the molecule is Cc1cc(Sc2ccc(/C(N)=N/O)cc2C)n(C)n1. The molecule has 0 aliphatic heterocycles. The van der Waals surface area contributed by atoms with Gasteiger partial charge in [-0.3, -0.25) is 4.68 Å². The van der Waals surface area contributed by atoms with Gasteiger partial charge in [0, 0.05) is 17.5 Å². The van der Waals surface area contributed by atoms with Gasteiger partial charge in [-0.25, -0.2) is 0 Å². The van der Waals surface area contributed by atoms with Gasteiger partial charge in [-0.15, -0.1) is 0 Å². The summed E-state index contributed by atoms with van der Waals surface area (Å²) in [5.41, 5.74) is 8.36. The molecule has 0 spiro atoms. The molecule has 0 fully saturated rings. The average Bonchev–Trinajstić information content (AvgIpc) is 2.69. The smallest absolute Gasteiger partial charge is 0.170 e. The minimum atomic E-state index is 0.121. The molecule has 100 valence electrons. The highest BCUT2D eigenvalue weighted by Crippen LogP contribution is 2.30. The fraction of sp³-hybridized carbons (Fsp3) is 0.231. The van der Waals surface area contributed by atoms with E-state index >= 15 is 0 Å². The predicted octanol–water partition coefficient (Wildman–Crippen LogP) is 2.28. The van der Waals surface area contributed by atoms with Gasteiger partial charge in [-0.2, -0.15) is 5.10 Å². The molecule has 0 radical (unpaired) electrons. The molecule has 0 aliphatic carbocycles. The molecular formula is C13H16N4OS. The predicted molar refractivity (Wildman–Crippen MR) is 75.8 cm³/mol. The molecule has 0 atom stereocenters. The molecule has 1 aromatic carbocycles. The van der Waals surface area contributed by atoms with Gasteiger partial charge in [0.1, 0.15) is 0 Å². The number of amidine groups is 1. The number of nitrogens with zero attached hydrogens (tertiary/aromatic N) is 3. The second-order valence-corrected chi connectivity index (χ2v) is 5.38. The Hall–Kier alpha value is -1.95. The number of hydrogen-bond donors (Lipinski definition) is 2. The molecule has 0 saturated carbocycles. The maximum atomic E-state index is 8.67. The van der Waals surface area contributed by atoms with E-state index in [9.17, 15) is 0 Å². The van der Waals surface area contributed by atoms with Crippen LogP contribution in [0.5, 0.6) is 0 Å². The third-order valence-electron chi connectivity index (χ3n) is 2.75. The monoisotopic (exact) mass is 276 g/mol. The molecule has 0 bridgehead atoms. The van der Waals surface area contributed by atoms with E-state index in [1.165, 1.54) is 0 Å². The quantitative estimate of drug-likeness (QED) is 0.390. The summed E-state index contributed by atoms with van der Waals surface area (Å²) < 4.78 is 1.86. The Bertz CT molecular complexity index is 634. The lowest BCUT2D eigenvalue weighted by molar-refractivity contribution is 0.318. The second kappa shape index (κ2) is 5.36. The first-order valence-corrected chi connectivity index (χ1v) is 6.60. The highest BCUT2D eigenvalue weighted by atomic mass is 32.2. The van der Waals surface area contributed by atoms with E-state index in [0.29, 0.717) is 5.56 Å². The largest absolute Gasteiger partial charge is 0.409 e. The lowest BCUT2D eigenvalue weighted by atomic mass is 10.1. The summed E-state index contributed by atoms with van der Waals surface area (Å²) in [4.78, 5) is 1.12. The van der Waals surface area contributed by atoms with Crippen LogP contribution in [0.25, 0.3) is 0 Å². The van der Waals surface area contributed by atoms with Gasteiger partial charge in [-0.05, 0) is 37.6 Å². The van der Waals surface area contributed by atoms with Crippen molar-refractivity contribution in [2.45, 2.75) is 23.8 Å². The van der Waals surface area contributed by atoms with Crippen LogP contribution < -0.4 is 5.73 Å². The Kier molecular flexibility index (Phi) is 3.80. The van der Waals surface area contributed by atoms with Crippen LogP contribution in [0.15, 0.2) is 39.3 Å². The third-order valence-corrected chi connectivity index (χ3v) is 4.02. The zero-order chi connectivity index (χ0) is 14.0. The minimum absolute atomic E-state index is 0.121. The third kappa shape index (κ3) is 2.90. The van der Waals surface area contributed by atoms with Crippen LogP contribution in [0.3, 0.4) is 0 Å². The number of aryl methyl sites for hydroxylation is 3. The van der Waals surface area contributed by atoms with Crippen molar-refractivity contribution in [2.75, 3.05) is 0 Å². The van der Waals surface area contributed by atoms with Gasteiger partial charge >= 0.3 is 0 Å². The summed E-state index contributed by atoms with van der Waals surface area (Å²) >= 11 is 1.65. The molecule has 0 amide bonds. The lowest BCUT2D eigenvalue weighted by Crippen LogP contribution is -2.13. The summed E-state index contributed by atoms with van der Waals surface area (Å²) in [6, 6.07) is 7.76. The van der Waals surface area contributed by atoms with E-state index in [1.807, 2.05) is 49.8 Å². The Morgan fingerprint density at radius 3 is 2.63 bits per heavy atom. The number of oxime groups is 1. The van der Waals surface area contributed by atoms with Crippen molar-refractivity contribution >= 4 is 17.6 Å². The topological polar surface area (TPSA) is 76.4 Å². The van der Waals surface area contributed by atoms with Crippen LogP contribution >= 0.6 is 11.8 Å². The lowest BCUT2D eigenvalue weighted by Gasteiger charge is -2.07. The van der Waals surface area contributed by atoms with Gasteiger partial charge in [-0.1, -0.05) is 23.0 Å². The Morgan fingerprint density at radius 2 is 2.11 bits per heavy atom. The van der Waals surface area contributed by atoms with Crippen LogP contribution in [0, 0.1) is 13.8 Å². The van der Waals surface area contributed by atoms with Crippen LogP contribution in [-0.4, -0.2) is 20.8 Å². The normalized spacial score (nSPS) is 11.8. The van der Waals surface area contributed by atoms with Crippen LogP contribution in [0.1, 0.15) is 16.8 Å². The van der Waals surface area contributed by atoms with Gasteiger partial charge in [0.25, 0.3) is 0 Å². The zero-order valence-corrected chi connectivity index (χ0v) is 11.9. The standard InChI is InChI=1S/C13H16N4OS/c1-8-6-10(13(14)16-18)4-5-11(8)19-12-7-9(2)15-17(12)3/h4-7,18H,1-3H3,(H2,14,16). The average molecular weight is 276 g/mol. The highest BCUT2D eigenvalue weighted by molar-refractivity contribution is 7.99. The van der Waals surface area contributed by atoms with E-state index in [-0.39, 0.29) is 5.84 Å². The van der Waals surface area contributed by atoms with Crippen molar-refractivity contribution in [3.8, 4) is 0 Å². The molecule has 0 saturated heterocycles. The molecule has 0 unspecified atom stereocenters. The van der Waals surface area contributed by atoms with E-state index in [2.05, 4.69) is 10.3 Å². The first kappa shape index (κ1) is 13.5. The van der Waals surface area contributed by atoms with Crippen LogP contribution in [-0.2, 0) is 7.05 Å². The zero-order valence-electron chi connectivity index (χ0n) is 11.1. The van der Waals surface area contributed by atoms with Crippen LogP contribution in [0.4, 0.5) is 0 Å². The van der Waals surface area contributed by atoms with Gasteiger partial charge in [0.15, 0.2) is 5.84 Å². The van der Waals surface area contributed by atoms with Crippen molar-refractivity contribution in [3.63, 3.8) is 0 Å². The fourth-order valence-electron chi connectivity index (χ4n) is 1.78. The summed E-state index contributed by atoms with van der Waals surface area (Å²) in [6.45, 7) is 3.97. The minimum Gasteiger partial charge on any atom is -0.409 e. The number of nitrogens with two attached hydrogens (primary N) is 1. The molecule has 1 heterocycles. The first-order valence-electron chi connectivity index (χ1n) is 5.78. The molecule has 2 rings (SSSR count). The summed E-state index contributed by atoms with van der Waals surface area (Å²) in [6.07, 6.45) is 0. The highest BCUT2D eigenvalue weighted by Gasteiger charge is 2.08. The maximum Gasteiger partial charge on any atom is 0.170 e. The van der Waals surface area contributed by atoms with Crippen molar-refractivity contribution in [1.82, 2.24) is 9.78 Å². The molecule has 0 aliphatic rings. The molecule has 5 nitrogen and oxygen atoms in total. The Balaban J connectivity index is 2.29. The van der Waals surface area contributed by atoms with Crippen LogP contribution in [0.2, 0.25) is 0 Å².